The Kier molecular flexibility index (Phi) is 3.44. The van der Waals surface area contributed by atoms with Crippen LogP contribution in [-0.4, -0.2) is 17.9 Å². The molecule has 0 aliphatic rings. The van der Waals surface area contributed by atoms with Gasteiger partial charge in [0.1, 0.15) is 11.6 Å². The van der Waals surface area contributed by atoms with Crippen molar-refractivity contribution in [2.45, 2.75) is 6.42 Å². The smallest absolute Gasteiger partial charge is 0.169 e. The first-order valence-electron chi connectivity index (χ1n) is 6.61. The molecule has 0 aliphatic carbocycles. The van der Waals surface area contributed by atoms with Gasteiger partial charge in [0.25, 0.3) is 0 Å². The first-order valence-corrected chi connectivity index (χ1v) is 6.61. The number of halogens is 1. The summed E-state index contributed by atoms with van der Waals surface area (Å²) in [5, 5.41) is 0.784. The van der Waals surface area contributed by atoms with Crippen molar-refractivity contribution < 1.29 is 13.9 Å². The number of ether oxygens (including phenoxy) is 1. The normalized spacial score (nSPS) is 10.8. The van der Waals surface area contributed by atoms with E-state index in [1.165, 1.54) is 12.1 Å². The van der Waals surface area contributed by atoms with Gasteiger partial charge in [-0.15, -0.1) is 0 Å². The third-order valence-corrected chi connectivity index (χ3v) is 3.47. The molecule has 0 fully saturated rings. The molecule has 0 bridgehead atoms. The summed E-state index contributed by atoms with van der Waals surface area (Å²) >= 11 is 0. The lowest BCUT2D eigenvalue weighted by Gasteiger charge is -2.04. The molecule has 0 unspecified atom stereocenters. The first-order chi connectivity index (χ1) is 10.2. The van der Waals surface area contributed by atoms with Crippen LogP contribution in [0.1, 0.15) is 15.9 Å². The van der Waals surface area contributed by atoms with Gasteiger partial charge in [0.15, 0.2) is 5.78 Å². The average molecular weight is 283 g/mol. The number of H-pyrrole nitrogens is 1. The predicted molar refractivity (Wildman–Crippen MR) is 79.3 cm³/mol. The van der Waals surface area contributed by atoms with Crippen molar-refractivity contribution in [1.82, 2.24) is 4.98 Å². The van der Waals surface area contributed by atoms with E-state index in [9.17, 15) is 9.18 Å². The maximum atomic E-state index is 12.9. The molecule has 0 atom stereocenters. The molecule has 0 saturated heterocycles. The van der Waals surface area contributed by atoms with Crippen LogP contribution in [0, 0.1) is 5.82 Å². The number of aromatic amines is 1. The van der Waals surface area contributed by atoms with Crippen LogP contribution in [0.5, 0.6) is 5.75 Å². The zero-order chi connectivity index (χ0) is 14.8. The van der Waals surface area contributed by atoms with Crippen molar-refractivity contribution in [3.63, 3.8) is 0 Å². The number of carbonyl (C=O) groups excluding carboxylic acids is 1. The largest absolute Gasteiger partial charge is 0.496 e. The highest BCUT2D eigenvalue weighted by Gasteiger charge is 2.15. The second-order valence-corrected chi connectivity index (χ2v) is 4.81. The molecule has 3 nitrogen and oxygen atoms in total. The Morgan fingerprint density at radius 3 is 2.67 bits per heavy atom. The van der Waals surface area contributed by atoms with E-state index < -0.39 is 0 Å². The van der Waals surface area contributed by atoms with Gasteiger partial charge in [-0.1, -0.05) is 18.2 Å². The van der Waals surface area contributed by atoms with E-state index in [4.69, 9.17) is 4.74 Å². The molecule has 0 aliphatic heterocycles. The van der Waals surface area contributed by atoms with E-state index in [1.54, 1.807) is 25.4 Å². The molecule has 0 amide bonds. The second-order valence-electron chi connectivity index (χ2n) is 4.81. The molecule has 2 aromatic carbocycles. The van der Waals surface area contributed by atoms with Gasteiger partial charge < -0.3 is 9.72 Å². The monoisotopic (exact) mass is 283 g/mol. The number of hydrogen-bond acceptors (Lipinski definition) is 2. The zero-order valence-corrected chi connectivity index (χ0v) is 11.5. The fourth-order valence-electron chi connectivity index (χ4n) is 2.42. The van der Waals surface area contributed by atoms with Crippen molar-refractivity contribution in [2.75, 3.05) is 7.11 Å². The highest BCUT2D eigenvalue weighted by molar-refractivity contribution is 6.10. The summed E-state index contributed by atoms with van der Waals surface area (Å²) in [5.74, 6) is 0.327. The van der Waals surface area contributed by atoms with Crippen LogP contribution in [0.4, 0.5) is 4.39 Å². The SMILES string of the molecule is COc1cccc2[nH]cc(C(=O)Cc3ccc(F)cc3)c12. The molecular formula is C17H14FNO2. The molecule has 21 heavy (non-hydrogen) atoms. The van der Waals surface area contributed by atoms with E-state index in [2.05, 4.69) is 4.98 Å². The van der Waals surface area contributed by atoms with E-state index in [0.29, 0.717) is 11.3 Å². The van der Waals surface area contributed by atoms with Crippen LogP contribution in [0.15, 0.2) is 48.7 Å². The fourth-order valence-corrected chi connectivity index (χ4v) is 2.42. The number of benzene rings is 2. The Morgan fingerprint density at radius 1 is 1.19 bits per heavy atom. The van der Waals surface area contributed by atoms with E-state index >= 15 is 0 Å². The molecule has 1 aromatic heterocycles. The lowest BCUT2D eigenvalue weighted by molar-refractivity contribution is 0.0994. The minimum atomic E-state index is -0.306. The summed E-state index contributed by atoms with van der Waals surface area (Å²) in [6.45, 7) is 0. The van der Waals surface area contributed by atoms with Crippen molar-refractivity contribution in [3.05, 3.63) is 65.6 Å². The Labute approximate surface area is 121 Å². The number of methoxy groups -OCH3 is 1. The minimum absolute atomic E-state index is 0.0302. The standard InChI is InChI=1S/C17H14FNO2/c1-21-16-4-2-3-14-17(16)13(10-19-14)15(20)9-11-5-7-12(18)8-6-11/h2-8,10,19H,9H2,1H3. The molecule has 0 radical (unpaired) electrons. The van der Waals surface area contributed by atoms with Crippen molar-refractivity contribution >= 4 is 16.7 Å². The number of hydrogen-bond donors (Lipinski definition) is 1. The molecule has 1 N–H and O–H groups in total. The number of ketones is 1. The van der Waals surface area contributed by atoms with Crippen LogP contribution in [-0.2, 0) is 6.42 Å². The van der Waals surface area contributed by atoms with Crippen molar-refractivity contribution in [2.24, 2.45) is 0 Å². The molecule has 4 heteroatoms. The van der Waals surface area contributed by atoms with Gasteiger partial charge in [-0.05, 0) is 29.8 Å². The maximum Gasteiger partial charge on any atom is 0.169 e. The third-order valence-electron chi connectivity index (χ3n) is 3.47. The summed E-state index contributed by atoms with van der Waals surface area (Å²) in [5.41, 5.74) is 2.23. The zero-order valence-electron chi connectivity index (χ0n) is 11.5. The first kappa shape index (κ1) is 13.4. The Hall–Kier alpha value is -2.62. The molecule has 3 aromatic rings. The molecule has 106 valence electrons. The van der Waals surface area contributed by atoms with Crippen molar-refractivity contribution in [1.29, 1.82) is 0 Å². The summed E-state index contributed by atoms with van der Waals surface area (Å²) < 4.78 is 18.2. The summed E-state index contributed by atoms with van der Waals surface area (Å²) in [6, 6.07) is 11.6. The quantitative estimate of drug-likeness (QED) is 0.741. The predicted octanol–water partition coefficient (Wildman–Crippen LogP) is 3.74. The molecule has 1 heterocycles. The van der Waals surface area contributed by atoms with Gasteiger partial charge >= 0.3 is 0 Å². The summed E-state index contributed by atoms with van der Waals surface area (Å²) in [7, 11) is 1.58. The Morgan fingerprint density at radius 2 is 1.95 bits per heavy atom. The number of aromatic nitrogens is 1. The van der Waals surface area contributed by atoms with E-state index in [-0.39, 0.29) is 18.0 Å². The molecular weight excluding hydrogens is 269 g/mol. The van der Waals surface area contributed by atoms with Gasteiger partial charge in [0, 0.05) is 23.7 Å². The summed E-state index contributed by atoms with van der Waals surface area (Å²) in [4.78, 5) is 15.6. The Balaban J connectivity index is 1.96. The van der Waals surface area contributed by atoms with Gasteiger partial charge in [-0.3, -0.25) is 4.79 Å². The van der Waals surface area contributed by atoms with Gasteiger partial charge in [-0.25, -0.2) is 4.39 Å². The highest BCUT2D eigenvalue weighted by atomic mass is 19.1. The highest BCUT2D eigenvalue weighted by Crippen LogP contribution is 2.29. The van der Waals surface area contributed by atoms with Crippen molar-refractivity contribution in [3.8, 4) is 5.75 Å². The lowest BCUT2D eigenvalue weighted by atomic mass is 10.0. The summed E-state index contributed by atoms with van der Waals surface area (Å²) in [6.07, 6.45) is 1.92. The Bertz CT molecular complexity index is 790. The fraction of sp³-hybridized carbons (Fsp3) is 0.118. The molecule has 0 saturated carbocycles. The number of Topliss-reactive ketones (excluding diaryl/α,β-unsaturated/α-hetero) is 1. The van der Waals surface area contributed by atoms with E-state index in [0.717, 1.165) is 16.5 Å². The molecule has 3 rings (SSSR count). The van der Waals surface area contributed by atoms with Gasteiger partial charge in [0.2, 0.25) is 0 Å². The topological polar surface area (TPSA) is 42.1 Å². The number of carbonyl (C=O) groups is 1. The van der Waals surface area contributed by atoms with E-state index in [1.807, 2.05) is 18.2 Å². The van der Waals surface area contributed by atoms with Crippen LogP contribution >= 0.6 is 0 Å². The number of nitrogens with one attached hydrogen (secondary N) is 1. The maximum absolute atomic E-state index is 12.9. The number of rotatable bonds is 4. The third kappa shape index (κ3) is 2.52. The number of fused-ring (bicyclic) bond motifs is 1. The minimum Gasteiger partial charge on any atom is -0.496 e. The lowest BCUT2D eigenvalue weighted by Crippen LogP contribution is -2.03. The van der Waals surface area contributed by atoms with Crippen LogP contribution < -0.4 is 4.74 Å². The average Bonchev–Trinajstić information content (AvgIpc) is 2.93. The van der Waals surface area contributed by atoms with Crippen LogP contribution in [0.25, 0.3) is 10.9 Å². The van der Waals surface area contributed by atoms with Gasteiger partial charge in [0.05, 0.1) is 12.5 Å². The second kappa shape index (κ2) is 5.40. The van der Waals surface area contributed by atoms with Gasteiger partial charge in [-0.2, -0.15) is 0 Å². The molecule has 0 spiro atoms. The van der Waals surface area contributed by atoms with Crippen LogP contribution in [0.2, 0.25) is 0 Å². The van der Waals surface area contributed by atoms with Crippen LogP contribution in [0.3, 0.4) is 0 Å².